The minimum Gasteiger partial charge on any atom is -0.491 e. The Hall–Kier alpha value is -6.52. The lowest BCUT2D eigenvalue weighted by Crippen LogP contribution is -2.20. The highest BCUT2D eigenvalue weighted by Crippen LogP contribution is 2.34. The monoisotopic (exact) mass is 763 g/mol. The van der Waals surface area contributed by atoms with Crippen LogP contribution in [0.25, 0.3) is 22.2 Å². The molecule has 2 amide bonds. The molecule has 6 aromatic rings. The maximum atomic E-state index is 13.6. The summed E-state index contributed by atoms with van der Waals surface area (Å²) in [5.74, 6) is -0.138. The number of Topliss-reactive ketones (excluding diaryl/α,β-unsaturated/α-hetero) is 2. The maximum absolute atomic E-state index is 13.6. The second-order valence-corrected chi connectivity index (χ2v) is 13.9. The largest absolute Gasteiger partial charge is 0.491 e. The molecule has 0 atom stereocenters. The van der Waals surface area contributed by atoms with Gasteiger partial charge in [-0.1, -0.05) is 12.2 Å². The Balaban J connectivity index is 1.24. The van der Waals surface area contributed by atoms with Crippen LogP contribution < -0.4 is 15.8 Å². The second kappa shape index (κ2) is 15.7. The van der Waals surface area contributed by atoms with Gasteiger partial charge in [0, 0.05) is 37.0 Å². The quantitative estimate of drug-likeness (QED) is 0.0960. The van der Waals surface area contributed by atoms with E-state index in [9.17, 15) is 23.6 Å². The first-order chi connectivity index (χ1) is 26.9. The van der Waals surface area contributed by atoms with Gasteiger partial charge in [-0.2, -0.15) is 10.2 Å². The van der Waals surface area contributed by atoms with Gasteiger partial charge >= 0.3 is 0 Å². The fourth-order valence-electron chi connectivity index (χ4n) is 6.57. The number of imidazole rings is 2. The second-order valence-electron chi connectivity index (χ2n) is 13.9. The summed E-state index contributed by atoms with van der Waals surface area (Å²) in [6.07, 6.45) is 7.27. The van der Waals surface area contributed by atoms with E-state index in [-0.39, 0.29) is 54.8 Å². The van der Waals surface area contributed by atoms with Crippen molar-refractivity contribution in [2.45, 2.75) is 73.1 Å². The van der Waals surface area contributed by atoms with Crippen LogP contribution in [0.5, 0.6) is 5.75 Å². The molecule has 1 aliphatic rings. The zero-order chi connectivity index (χ0) is 39.7. The summed E-state index contributed by atoms with van der Waals surface area (Å²) in [5, 5.41) is 11.5. The van der Waals surface area contributed by atoms with Crippen molar-refractivity contribution in [2.24, 2.45) is 11.7 Å². The molecule has 7 rings (SSSR count). The molecular weight excluding hydrogens is 721 g/mol. The van der Waals surface area contributed by atoms with Crippen LogP contribution >= 0.6 is 0 Å². The molecule has 17 heteroatoms. The van der Waals surface area contributed by atoms with Gasteiger partial charge in [-0.25, -0.2) is 19.3 Å². The Kier molecular flexibility index (Phi) is 10.6. The van der Waals surface area contributed by atoms with Crippen LogP contribution in [0.1, 0.15) is 85.6 Å². The van der Waals surface area contributed by atoms with Crippen molar-refractivity contribution in [2.75, 3.05) is 18.6 Å². The highest BCUT2D eigenvalue weighted by Gasteiger charge is 2.26. The summed E-state index contributed by atoms with van der Waals surface area (Å²) < 4.78 is 26.1. The smallest absolute Gasteiger partial charge is 0.276 e. The van der Waals surface area contributed by atoms with Crippen LogP contribution in [0, 0.1) is 19.8 Å². The number of nitrogens with one attached hydrogen (secondary N) is 1. The lowest BCUT2D eigenvalue weighted by molar-refractivity contribution is 0.0975. The number of primary amides is 1. The van der Waals surface area contributed by atoms with Crippen LogP contribution in [0.2, 0.25) is 0 Å². The molecule has 0 spiro atoms. The number of ether oxygens (including phenoxy) is 1. The highest BCUT2D eigenvalue weighted by atomic mass is 19.1. The number of carbonyl (C=O) groups is 4. The van der Waals surface area contributed by atoms with Gasteiger partial charge in [-0.3, -0.25) is 33.9 Å². The number of amides is 2. The number of anilines is 1. The Labute approximate surface area is 320 Å². The first kappa shape index (κ1) is 37.8. The molecule has 0 radical (unpaired) electrons. The highest BCUT2D eigenvalue weighted by molar-refractivity contribution is 6.04. The molecule has 0 saturated heterocycles. The SMILES string of the molecule is CCn1nc(C)cc1C(=O)Cc1nc2cc(C(C)=O)cnc2n1C/C=C/Cn1c(NC(=O)c2cc(C)nn2CCF)nc2cc(C(N)=O)cc(OCC3CC3)c21. The van der Waals surface area contributed by atoms with Gasteiger partial charge in [0.1, 0.15) is 40.7 Å². The Morgan fingerprint density at radius 3 is 2.30 bits per heavy atom. The number of pyridine rings is 1. The Morgan fingerprint density at radius 1 is 0.929 bits per heavy atom. The van der Waals surface area contributed by atoms with E-state index < -0.39 is 18.5 Å². The number of nitrogens with two attached hydrogens (primary N) is 1. The number of halogens is 1. The maximum Gasteiger partial charge on any atom is 0.276 e. The van der Waals surface area contributed by atoms with Crippen molar-refractivity contribution in [3.63, 3.8) is 0 Å². The third-order valence-corrected chi connectivity index (χ3v) is 9.54. The zero-order valence-corrected chi connectivity index (χ0v) is 31.6. The molecule has 3 N–H and O–H groups in total. The van der Waals surface area contributed by atoms with Gasteiger partial charge in [-0.05, 0) is 76.8 Å². The molecule has 290 valence electrons. The Morgan fingerprint density at radius 2 is 1.62 bits per heavy atom. The van der Waals surface area contributed by atoms with E-state index in [1.54, 1.807) is 46.5 Å². The van der Waals surface area contributed by atoms with E-state index >= 15 is 0 Å². The van der Waals surface area contributed by atoms with E-state index in [1.807, 2.05) is 30.6 Å². The number of nitrogens with zero attached hydrogens (tertiary/aromatic N) is 9. The van der Waals surface area contributed by atoms with Gasteiger partial charge in [0.15, 0.2) is 17.2 Å². The topological polar surface area (TPSA) is 200 Å². The number of alkyl halides is 1. The normalized spacial score (nSPS) is 12.9. The predicted molar refractivity (Wildman–Crippen MR) is 205 cm³/mol. The molecule has 0 bridgehead atoms. The summed E-state index contributed by atoms with van der Waals surface area (Å²) in [5.41, 5.74) is 10.1. The van der Waals surface area contributed by atoms with Crippen molar-refractivity contribution < 1.29 is 28.3 Å². The van der Waals surface area contributed by atoms with Crippen LogP contribution in [0.15, 0.2) is 48.7 Å². The molecule has 1 fully saturated rings. The number of fused-ring (bicyclic) bond motifs is 2. The third kappa shape index (κ3) is 7.83. The number of hydrogen-bond acceptors (Lipinski definition) is 10. The summed E-state index contributed by atoms with van der Waals surface area (Å²) in [6, 6.07) is 8.10. The van der Waals surface area contributed by atoms with Crippen molar-refractivity contribution in [3.05, 3.63) is 88.4 Å². The number of aryl methyl sites for hydroxylation is 4. The molecule has 5 heterocycles. The summed E-state index contributed by atoms with van der Waals surface area (Å²) in [7, 11) is 0. The van der Waals surface area contributed by atoms with Crippen molar-refractivity contribution in [1.82, 2.24) is 43.6 Å². The van der Waals surface area contributed by atoms with E-state index in [0.717, 1.165) is 18.5 Å². The van der Waals surface area contributed by atoms with Crippen molar-refractivity contribution >= 4 is 51.5 Å². The van der Waals surface area contributed by atoms with Gasteiger partial charge in [0.05, 0.1) is 36.5 Å². The van der Waals surface area contributed by atoms with E-state index in [0.29, 0.717) is 69.8 Å². The lowest BCUT2D eigenvalue weighted by Gasteiger charge is -2.13. The van der Waals surface area contributed by atoms with Gasteiger partial charge < -0.3 is 19.6 Å². The van der Waals surface area contributed by atoms with Crippen LogP contribution in [-0.4, -0.2) is 80.3 Å². The number of ketones is 2. The minimum absolute atomic E-state index is 0.0323. The molecule has 1 aliphatic carbocycles. The van der Waals surface area contributed by atoms with E-state index in [2.05, 4.69) is 20.5 Å². The number of benzene rings is 1. The average molecular weight is 764 g/mol. The van der Waals surface area contributed by atoms with Gasteiger partial charge in [-0.15, -0.1) is 0 Å². The molecule has 1 aromatic carbocycles. The molecule has 56 heavy (non-hydrogen) atoms. The summed E-state index contributed by atoms with van der Waals surface area (Å²) in [6.45, 7) is 7.51. The van der Waals surface area contributed by atoms with Crippen LogP contribution in [0.3, 0.4) is 0 Å². The number of hydrogen-bond donors (Lipinski definition) is 2. The van der Waals surface area contributed by atoms with Crippen LogP contribution in [0.4, 0.5) is 10.3 Å². The predicted octanol–water partition coefficient (Wildman–Crippen LogP) is 4.80. The van der Waals surface area contributed by atoms with Crippen LogP contribution in [-0.2, 0) is 32.6 Å². The van der Waals surface area contributed by atoms with Crippen molar-refractivity contribution in [1.29, 1.82) is 0 Å². The third-order valence-electron chi connectivity index (χ3n) is 9.54. The number of carbonyl (C=O) groups excluding carboxylic acids is 4. The molecule has 16 nitrogen and oxygen atoms in total. The average Bonchev–Trinajstić information content (AvgIpc) is 3.46. The van der Waals surface area contributed by atoms with Gasteiger partial charge in [0.25, 0.3) is 5.91 Å². The summed E-state index contributed by atoms with van der Waals surface area (Å²) in [4.78, 5) is 65.7. The molecule has 0 aliphatic heterocycles. The van der Waals surface area contributed by atoms with E-state index in [1.165, 1.54) is 17.8 Å². The number of allylic oxidation sites excluding steroid dienone is 2. The molecule has 5 aromatic heterocycles. The first-order valence-electron chi connectivity index (χ1n) is 18.4. The lowest BCUT2D eigenvalue weighted by atomic mass is 10.1. The van der Waals surface area contributed by atoms with Crippen molar-refractivity contribution in [3.8, 4) is 5.75 Å². The molecule has 0 unspecified atom stereocenters. The Bertz CT molecular complexity index is 2540. The van der Waals surface area contributed by atoms with E-state index in [4.69, 9.17) is 20.4 Å². The number of aromatic nitrogens is 9. The standard InChI is InChI=1S/C39H42FN11O5/c1-5-50-30(14-22(2)46-50)32(53)19-34-43-29-17-27(24(4)52)20-42-37(29)48(34)11-6-7-12-49-35-28(16-26(36(41)54)18-33(35)56-21-25-8-9-25)44-39(49)45-38(55)31-15-23(3)47-51(31)13-10-40/h6-7,14-18,20,25H,5,8-13,19,21H2,1-4H3,(H2,41,54)(H,44,45,55)/b7-6+. The minimum atomic E-state index is -0.707. The number of rotatable bonds is 17. The van der Waals surface area contributed by atoms with Gasteiger partial charge in [0.2, 0.25) is 11.9 Å². The fraction of sp³-hybridized carbons (Fsp3) is 0.359. The zero-order valence-electron chi connectivity index (χ0n) is 31.6. The molecular formula is C39H42FN11O5. The fourth-order valence-corrected chi connectivity index (χ4v) is 6.57. The molecule has 1 saturated carbocycles. The summed E-state index contributed by atoms with van der Waals surface area (Å²) >= 11 is 0. The first-order valence-corrected chi connectivity index (χ1v) is 18.4.